The molecule has 1 amide bonds. The first-order valence-corrected chi connectivity index (χ1v) is 8.94. The Morgan fingerprint density at radius 2 is 2.21 bits per heavy atom. The van der Waals surface area contributed by atoms with Crippen LogP contribution in [0.1, 0.15) is 36.0 Å². The number of hydrogen-bond acceptors (Lipinski definition) is 4. The number of likely N-dealkylation sites (tertiary alicyclic amines) is 1. The molecule has 5 heteroatoms. The van der Waals surface area contributed by atoms with Crippen molar-refractivity contribution in [2.75, 3.05) is 26.9 Å². The number of carbonyl (C=O) groups excluding carboxylic acids is 1. The molecule has 0 N–H and O–H groups in total. The van der Waals surface area contributed by atoms with E-state index in [2.05, 4.69) is 0 Å². The maximum absolute atomic E-state index is 13.0. The number of rotatable bonds is 5. The van der Waals surface area contributed by atoms with Crippen LogP contribution in [0.15, 0.2) is 24.3 Å². The summed E-state index contributed by atoms with van der Waals surface area (Å²) in [6.45, 7) is 2.20. The standard InChI is InChI=1S/C19H25NO4/c1-22-15-5-2-4-14(10-15)19(21)20-11-17(24-12-13-7-8-13)18-16(20)6-3-9-23-18/h2,4-5,10,13,16-18H,3,6-9,11-12H2,1H3/t16-,17-,18+/m1/s1. The third kappa shape index (κ3) is 3.15. The van der Waals surface area contributed by atoms with Crippen LogP contribution in [0, 0.1) is 5.92 Å². The van der Waals surface area contributed by atoms with E-state index in [0.717, 1.165) is 32.0 Å². The van der Waals surface area contributed by atoms with Gasteiger partial charge in [0.05, 0.1) is 19.7 Å². The number of carbonyl (C=O) groups is 1. The minimum absolute atomic E-state index is 0.00505. The van der Waals surface area contributed by atoms with Gasteiger partial charge in [0, 0.05) is 18.8 Å². The number of ether oxygens (including phenoxy) is 3. The third-order valence-electron chi connectivity index (χ3n) is 5.30. The monoisotopic (exact) mass is 331 g/mol. The highest BCUT2D eigenvalue weighted by atomic mass is 16.5. The molecule has 1 aliphatic carbocycles. The Morgan fingerprint density at radius 3 is 3.00 bits per heavy atom. The van der Waals surface area contributed by atoms with Crippen molar-refractivity contribution in [2.24, 2.45) is 5.92 Å². The summed E-state index contributed by atoms with van der Waals surface area (Å²) in [5, 5.41) is 0. The highest BCUT2D eigenvalue weighted by molar-refractivity contribution is 5.95. The average Bonchev–Trinajstić information content (AvgIpc) is 3.40. The van der Waals surface area contributed by atoms with Crippen LogP contribution < -0.4 is 4.74 Å². The van der Waals surface area contributed by atoms with Gasteiger partial charge in [0.15, 0.2) is 0 Å². The van der Waals surface area contributed by atoms with Crippen LogP contribution in [0.3, 0.4) is 0 Å². The lowest BCUT2D eigenvalue weighted by Gasteiger charge is -2.32. The van der Waals surface area contributed by atoms with Gasteiger partial charge >= 0.3 is 0 Å². The Bertz CT molecular complexity index is 601. The molecule has 0 radical (unpaired) electrons. The number of fused-ring (bicyclic) bond motifs is 1. The van der Waals surface area contributed by atoms with Gasteiger partial charge in [0.1, 0.15) is 18.0 Å². The van der Waals surface area contributed by atoms with Crippen molar-refractivity contribution in [3.05, 3.63) is 29.8 Å². The van der Waals surface area contributed by atoms with Crippen LogP contribution in [0.25, 0.3) is 0 Å². The predicted molar refractivity (Wildman–Crippen MR) is 89.3 cm³/mol. The first-order chi connectivity index (χ1) is 11.8. The van der Waals surface area contributed by atoms with Crippen molar-refractivity contribution in [3.8, 4) is 5.75 Å². The number of hydrogen-bond donors (Lipinski definition) is 0. The molecule has 2 aliphatic heterocycles. The molecule has 4 rings (SSSR count). The SMILES string of the molecule is COc1cccc(C(=O)N2C[C@@H](OCC3CC3)[C@H]3OCCC[C@H]32)c1. The van der Waals surface area contributed by atoms with Crippen LogP contribution in [-0.4, -0.2) is 55.9 Å². The average molecular weight is 331 g/mol. The molecule has 0 spiro atoms. The summed E-state index contributed by atoms with van der Waals surface area (Å²) in [5.74, 6) is 1.47. The van der Waals surface area contributed by atoms with Crippen LogP contribution >= 0.6 is 0 Å². The van der Waals surface area contributed by atoms with E-state index in [-0.39, 0.29) is 24.2 Å². The van der Waals surface area contributed by atoms with E-state index < -0.39 is 0 Å². The van der Waals surface area contributed by atoms with Gasteiger partial charge in [0.2, 0.25) is 0 Å². The Balaban J connectivity index is 1.50. The van der Waals surface area contributed by atoms with Crippen LogP contribution in [0.5, 0.6) is 5.75 Å². The molecule has 1 aromatic carbocycles. The summed E-state index contributed by atoms with van der Waals surface area (Å²) < 4.78 is 17.3. The van der Waals surface area contributed by atoms with Gasteiger partial charge in [-0.15, -0.1) is 0 Å². The second-order valence-corrected chi connectivity index (χ2v) is 7.05. The van der Waals surface area contributed by atoms with Gasteiger partial charge in [-0.1, -0.05) is 6.07 Å². The lowest BCUT2D eigenvalue weighted by atomic mass is 10.0. The van der Waals surface area contributed by atoms with Gasteiger partial charge in [-0.3, -0.25) is 4.79 Å². The molecule has 130 valence electrons. The van der Waals surface area contributed by atoms with Gasteiger partial charge in [0.25, 0.3) is 5.91 Å². The van der Waals surface area contributed by atoms with Crippen LogP contribution in [-0.2, 0) is 9.47 Å². The van der Waals surface area contributed by atoms with E-state index in [0.29, 0.717) is 17.9 Å². The van der Waals surface area contributed by atoms with Crippen molar-refractivity contribution in [2.45, 2.75) is 43.9 Å². The van der Waals surface area contributed by atoms with Gasteiger partial charge in [-0.05, 0) is 49.8 Å². The van der Waals surface area contributed by atoms with Crippen molar-refractivity contribution < 1.29 is 19.0 Å². The molecule has 2 saturated heterocycles. The predicted octanol–water partition coefficient (Wildman–Crippen LogP) is 2.49. The number of nitrogens with zero attached hydrogens (tertiary/aromatic N) is 1. The molecule has 5 nitrogen and oxygen atoms in total. The lowest BCUT2D eigenvalue weighted by molar-refractivity contribution is -0.0781. The van der Waals surface area contributed by atoms with Crippen molar-refractivity contribution >= 4 is 5.91 Å². The molecule has 0 unspecified atom stereocenters. The molecule has 0 bridgehead atoms. The van der Waals surface area contributed by atoms with E-state index in [4.69, 9.17) is 14.2 Å². The van der Waals surface area contributed by atoms with Gasteiger partial charge < -0.3 is 19.1 Å². The summed E-state index contributed by atoms with van der Waals surface area (Å²) in [6, 6.07) is 7.50. The Hall–Kier alpha value is -1.59. The van der Waals surface area contributed by atoms with Crippen LogP contribution in [0.4, 0.5) is 0 Å². The largest absolute Gasteiger partial charge is 0.497 e. The maximum Gasteiger partial charge on any atom is 0.254 e. The first kappa shape index (κ1) is 15.9. The highest BCUT2D eigenvalue weighted by Gasteiger charge is 2.47. The van der Waals surface area contributed by atoms with Crippen molar-refractivity contribution in [1.82, 2.24) is 4.90 Å². The zero-order valence-corrected chi connectivity index (χ0v) is 14.1. The van der Waals surface area contributed by atoms with Gasteiger partial charge in [-0.25, -0.2) is 0 Å². The minimum Gasteiger partial charge on any atom is -0.497 e. The van der Waals surface area contributed by atoms with E-state index in [1.54, 1.807) is 13.2 Å². The fourth-order valence-electron chi connectivity index (χ4n) is 3.76. The summed E-state index contributed by atoms with van der Waals surface area (Å²) in [7, 11) is 1.62. The zero-order chi connectivity index (χ0) is 16.5. The molecule has 3 aliphatic rings. The van der Waals surface area contributed by atoms with Crippen molar-refractivity contribution in [3.63, 3.8) is 0 Å². The quantitative estimate of drug-likeness (QED) is 0.832. The van der Waals surface area contributed by atoms with E-state index >= 15 is 0 Å². The normalized spacial score (nSPS) is 29.4. The summed E-state index contributed by atoms with van der Waals surface area (Å²) in [6.07, 6.45) is 4.56. The van der Waals surface area contributed by atoms with E-state index in [1.165, 1.54) is 12.8 Å². The molecule has 24 heavy (non-hydrogen) atoms. The fourth-order valence-corrected chi connectivity index (χ4v) is 3.76. The van der Waals surface area contributed by atoms with E-state index in [9.17, 15) is 4.79 Å². The third-order valence-corrected chi connectivity index (χ3v) is 5.30. The topological polar surface area (TPSA) is 48.0 Å². The van der Waals surface area contributed by atoms with E-state index in [1.807, 2.05) is 23.1 Å². The van der Waals surface area contributed by atoms with Crippen molar-refractivity contribution in [1.29, 1.82) is 0 Å². The Labute approximate surface area is 142 Å². The highest BCUT2D eigenvalue weighted by Crippen LogP contribution is 2.34. The second kappa shape index (κ2) is 6.73. The van der Waals surface area contributed by atoms with Gasteiger partial charge in [-0.2, -0.15) is 0 Å². The Morgan fingerprint density at radius 1 is 1.33 bits per heavy atom. The summed E-state index contributed by atoms with van der Waals surface area (Å²) >= 11 is 0. The molecule has 3 fully saturated rings. The smallest absolute Gasteiger partial charge is 0.254 e. The second-order valence-electron chi connectivity index (χ2n) is 7.05. The molecule has 3 atom stereocenters. The lowest BCUT2D eigenvalue weighted by Crippen LogP contribution is -2.44. The minimum atomic E-state index is 0.00505. The maximum atomic E-state index is 13.0. The number of amides is 1. The molecule has 0 aromatic heterocycles. The summed E-state index contributed by atoms with van der Waals surface area (Å²) in [4.78, 5) is 15.0. The zero-order valence-electron chi connectivity index (χ0n) is 14.1. The molecular formula is C19H25NO4. The molecule has 2 heterocycles. The Kier molecular flexibility index (Phi) is 4.46. The molecule has 1 saturated carbocycles. The molecule has 1 aromatic rings. The molecular weight excluding hydrogens is 306 g/mol. The summed E-state index contributed by atoms with van der Waals surface area (Å²) in [5.41, 5.74) is 0.668. The fraction of sp³-hybridized carbons (Fsp3) is 0.632. The number of benzene rings is 1. The number of methoxy groups -OCH3 is 1. The van der Waals surface area contributed by atoms with Crippen LogP contribution in [0.2, 0.25) is 0 Å². The first-order valence-electron chi connectivity index (χ1n) is 8.94.